The van der Waals surface area contributed by atoms with Gasteiger partial charge < -0.3 is 0 Å². The molecule has 136 valence electrons. The van der Waals surface area contributed by atoms with Crippen LogP contribution < -0.4 is 9.67 Å². The third kappa shape index (κ3) is 5.16. The van der Waals surface area contributed by atoms with Crippen LogP contribution in [0.5, 0.6) is 5.75 Å². The summed E-state index contributed by atoms with van der Waals surface area (Å²) in [6.45, 7) is 3.28. The molecule has 0 aliphatic rings. The van der Waals surface area contributed by atoms with Crippen molar-refractivity contribution in [1.29, 1.82) is 0 Å². The fourth-order valence-corrected chi connectivity index (χ4v) is 3.55. The molecule has 1 aromatic heterocycles. The van der Waals surface area contributed by atoms with E-state index in [1.807, 2.05) is 25.1 Å². The first kappa shape index (κ1) is 19.7. The van der Waals surface area contributed by atoms with Gasteiger partial charge in [0.05, 0.1) is 11.0 Å². The van der Waals surface area contributed by atoms with E-state index in [1.165, 1.54) is 24.6 Å². The maximum absolute atomic E-state index is 11.0. The maximum Gasteiger partial charge on any atom is 0.0889 e. The Balaban J connectivity index is 0.000000195. The maximum atomic E-state index is 11.0. The second kappa shape index (κ2) is 8.14. The van der Waals surface area contributed by atoms with E-state index >= 15 is 0 Å². The number of nitrogens with one attached hydrogen (secondary N) is 1. The number of anilines is 1. The number of para-hydroxylation sites is 1. The van der Waals surface area contributed by atoms with Gasteiger partial charge in [-0.3, -0.25) is 9.97 Å². The van der Waals surface area contributed by atoms with E-state index in [-0.39, 0.29) is 5.69 Å². The van der Waals surface area contributed by atoms with Crippen molar-refractivity contribution in [3.05, 3.63) is 54.4 Å². The third-order valence-electron chi connectivity index (χ3n) is 3.26. The van der Waals surface area contributed by atoms with Crippen LogP contribution in [0.15, 0.2) is 48.8 Å². The summed E-state index contributed by atoms with van der Waals surface area (Å²) < 4.78 is 28.4. The Kier molecular flexibility index (Phi) is 6.15. The van der Waals surface area contributed by atoms with Gasteiger partial charge in [-0.2, -0.15) is 0 Å². The van der Waals surface area contributed by atoms with E-state index in [0.29, 0.717) is 0 Å². The molecule has 3 aromatic rings. The summed E-state index contributed by atoms with van der Waals surface area (Å²) in [7, 11) is 0. The number of nitrogens with zero attached hydrogens (tertiary/aromatic N) is 2. The number of rotatable bonds is 2. The monoisotopic (exact) mass is 419 g/mol. The number of aromatic hydroxyl groups is 1. The Labute approximate surface area is 152 Å². The summed E-state index contributed by atoms with van der Waals surface area (Å²) in [5.74, 6) is -1.01. The molecule has 0 aliphatic heterocycles. The third-order valence-corrected chi connectivity index (χ3v) is 5.34. The second-order valence-electron chi connectivity index (χ2n) is 5.45. The predicted molar refractivity (Wildman–Crippen MR) is 97.2 cm³/mol. The Morgan fingerprint density at radius 1 is 1.08 bits per heavy atom. The first-order valence-corrected chi connectivity index (χ1v) is 10.9. The number of fused-ring (bicyclic) bond motifs is 1. The van der Waals surface area contributed by atoms with E-state index in [0.717, 1.165) is 17.1 Å². The molecule has 4 N–H and O–H groups in total. The molecule has 9 heteroatoms. The van der Waals surface area contributed by atoms with Gasteiger partial charge >= 0.3 is 88.1 Å². The topological polar surface area (TPSA) is 133 Å². The number of carbonyl (C=O) groups excluding carboxylic acids is 1. The van der Waals surface area contributed by atoms with Crippen LogP contribution in [0.25, 0.3) is 11.0 Å². The fourth-order valence-electron chi connectivity index (χ4n) is 2.13. The molecule has 1 amide bonds. The number of benzene rings is 2. The van der Waals surface area contributed by atoms with Crippen LogP contribution in [0.4, 0.5) is 5.69 Å². The van der Waals surface area contributed by atoms with Gasteiger partial charge in [-0.05, 0) is 24.6 Å². The molecule has 0 saturated carbocycles. The zero-order valence-electron chi connectivity index (χ0n) is 14.1. The summed E-state index contributed by atoms with van der Waals surface area (Å²) in [5, 5.41) is 11.7. The minimum Gasteiger partial charge on any atom is -0.253 e. The summed E-state index contributed by atoms with van der Waals surface area (Å²) in [6.07, 6.45) is 3.42. The fraction of sp³-hybridized carbons (Fsp3) is 0.118. The summed E-state index contributed by atoms with van der Waals surface area (Å²) in [6, 6.07) is 9.88. The minimum absolute atomic E-state index is 0.00951. The average molecular weight is 419 g/mol. The number of aryl methyl sites for hydroxylation is 1. The molecule has 0 unspecified atom stereocenters. The van der Waals surface area contributed by atoms with Crippen molar-refractivity contribution in [2.24, 2.45) is 0 Å². The van der Waals surface area contributed by atoms with Crippen LogP contribution in [-0.2, 0) is 8.53 Å². The SMILES string of the molecule is CC(=O)Nc1cccc([As](=O)(O)O)c1O.Cc1ccc2nccnc2c1. The number of hydrogen-bond acceptors (Lipinski definition) is 5. The Morgan fingerprint density at radius 2 is 1.73 bits per heavy atom. The van der Waals surface area contributed by atoms with Crippen molar-refractivity contribution in [3.63, 3.8) is 0 Å². The van der Waals surface area contributed by atoms with Crippen molar-refractivity contribution in [2.75, 3.05) is 5.32 Å². The van der Waals surface area contributed by atoms with Gasteiger partial charge in [0.2, 0.25) is 0 Å². The Hall–Kier alpha value is -2.67. The van der Waals surface area contributed by atoms with E-state index in [9.17, 15) is 13.6 Å². The average Bonchev–Trinajstić information content (AvgIpc) is 2.56. The number of aromatic nitrogens is 2. The molecule has 3 rings (SSSR count). The molecule has 0 fully saturated rings. The van der Waals surface area contributed by atoms with Gasteiger partial charge in [0.25, 0.3) is 0 Å². The first-order valence-electron chi connectivity index (χ1n) is 7.51. The second-order valence-corrected chi connectivity index (χ2v) is 8.74. The van der Waals surface area contributed by atoms with Gasteiger partial charge in [0.1, 0.15) is 0 Å². The van der Waals surface area contributed by atoms with Crippen LogP contribution in [0.1, 0.15) is 12.5 Å². The number of hydrogen-bond donors (Lipinski definition) is 4. The zero-order chi connectivity index (χ0) is 19.3. The summed E-state index contributed by atoms with van der Waals surface area (Å²) in [4.78, 5) is 19.1. The summed E-state index contributed by atoms with van der Waals surface area (Å²) >= 11 is -5.15. The van der Waals surface area contributed by atoms with Crippen molar-refractivity contribution < 1.29 is 21.8 Å². The van der Waals surface area contributed by atoms with E-state index in [4.69, 9.17) is 8.19 Å². The molecular formula is C17H18AsN3O5. The van der Waals surface area contributed by atoms with Crippen molar-refractivity contribution in [3.8, 4) is 5.75 Å². The largest absolute Gasteiger partial charge is 0.253 e. The predicted octanol–water partition coefficient (Wildman–Crippen LogP) is 0.850. The number of amides is 1. The van der Waals surface area contributed by atoms with Crippen LogP contribution >= 0.6 is 0 Å². The van der Waals surface area contributed by atoms with Crippen molar-refractivity contribution in [2.45, 2.75) is 13.8 Å². The van der Waals surface area contributed by atoms with Crippen molar-refractivity contribution in [1.82, 2.24) is 9.97 Å². The van der Waals surface area contributed by atoms with Crippen molar-refractivity contribution >= 4 is 41.2 Å². The molecule has 0 spiro atoms. The van der Waals surface area contributed by atoms with Crippen LogP contribution in [-0.4, -0.2) is 43.3 Å². The number of phenols is 1. The van der Waals surface area contributed by atoms with Crippen LogP contribution in [0.2, 0.25) is 0 Å². The van der Waals surface area contributed by atoms with E-state index < -0.39 is 30.2 Å². The molecule has 26 heavy (non-hydrogen) atoms. The normalized spacial score (nSPS) is 10.8. The molecule has 0 saturated heterocycles. The van der Waals surface area contributed by atoms with Gasteiger partial charge in [0.15, 0.2) is 0 Å². The number of carbonyl (C=O) groups is 1. The molecule has 0 bridgehead atoms. The van der Waals surface area contributed by atoms with Crippen LogP contribution in [0.3, 0.4) is 0 Å². The van der Waals surface area contributed by atoms with Gasteiger partial charge in [-0.25, -0.2) is 0 Å². The molecule has 8 nitrogen and oxygen atoms in total. The molecule has 2 aromatic carbocycles. The number of phenolic OH excluding ortho intramolecular Hbond substituents is 1. The molecular weight excluding hydrogens is 401 g/mol. The van der Waals surface area contributed by atoms with Gasteiger partial charge in [-0.15, -0.1) is 0 Å². The smallest absolute Gasteiger partial charge is 0.0889 e. The van der Waals surface area contributed by atoms with Crippen LogP contribution in [0, 0.1) is 6.92 Å². The van der Waals surface area contributed by atoms with Gasteiger partial charge in [0, 0.05) is 12.4 Å². The molecule has 0 aliphatic carbocycles. The molecule has 1 heterocycles. The Bertz CT molecular complexity index is 987. The first-order chi connectivity index (χ1) is 12.2. The standard InChI is InChI=1S/C9H8N2.C8H10AsNO5/c1-7-2-3-8-9(6-7)11-5-4-10-8;1-5(11)10-7-4-2-3-6(8(7)12)9(13,14)15/h2-6H,1H3;2-4,12H,1H3,(H,10,11)(H2,13,14,15). The van der Waals surface area contributed by atoms with Gasteiger partial charge in [-0.1, -0.05) is 6.07 Å². The molecule has 0 radical (unpaired) electrons. The van der Waals surface area contributed by atoms with E-state index in [1.54, 1.807) is 12.4 Å². The Morgan fingerprint density at radius 3 is 2.35 bits per heavy atom. The minimum atomic E-state index is -5.15. The van der Waals surface area contributed by atoms with E-state index in [2.05, 4.69) is 15.3 Å². The quantitative estimate of drug-likeness (QED) is 0.358. The summed E-state index contributed by atoms with van der Waals surface area (Å²) in [5.41, 5.74) is 3.13. The zero-order valence-corrected chi connectivity index (χ0v) is 16.0. The molecule has 0 atom stereocenters.